The van der Waals surface area contributed by atoms with Gasteiger partial charge in [-0.1, -0.05) is 12.8 Å². The molecule has 0 saturated heterocycles. The van der Waals surface area contributed by atoms with Gasteiger partial charge in [-0.25, -0.2) is 0 Å². The predicted octanol–water partition coefficient (Wildman–Crippen LogP) is 1.12. The zero-order valence-electron chi connectivity index (χ0n) is 11.1. The minimum absolute atomic E-state index is 0.160. The van der Waals surface area contributed by atoms with E-state index < -0.39 is 0 Å². The number of carbonyl (C=O) groups is 1. The van der Waals surface area contributed by atoms with Gasteiger partial charge in [-0.05, 0) is 32.1 Å². The van der Waals surface area contributed by atoms with Crippen molar-refractivity contribution in [2.45, 2.75) is 57.6 Å². The maximum absolute atomic E-state index is 12.0. The average molecular weight is 242 g/mol. The van der Waals surface area contributed by atoms with Crippen molar-refractivity contribution >= 4 is 5.91 Å². The summed E-state index contributed by atoms with van der Waals surface area (Å²) in [6, 6.07) is 0.192. The van der Waals surface area contributed by atoms with Crippen LogP contribution in [0, 0.1) is 5.92 Å². The van der Waals surface area contributed by atoms with Crippen LogP contribution in [0.15, 0.2) is 0 Å². The first-order chi connectivity index (χ1) is 8.00. The van der Waals surface area contributed by atoms with E-state index in [1.165, 1.54) is 12.8 Å². The summed E-state index contributed by atoms with van der Waals surface area (Å²) in [6.45, 7) is 2.37. The zero-order valence-corrected chi connectivity index (χ0v) is 11.1. The largest absolute Gasteiger partial charge is 0.393 e. The maximum Gasteiger partial charge on any atom is 0.222 e. The molecule has 0 aliphatic heterocycles. The average Bonchev–Trinajstić information content (AvgIpc) is 2.28. The van der Waals surface area contributed by atoms with Crippen molar-refractivity contribution in [1.29, 1.82) is 0 Å². The molecule has 100 valence electrons. The lowest BCUT2D eigenvalue weighted by Crippen LogP contribution is -2.38. The van der Waals surface area contributed by atoms with E-state index in [0.29, 0.717) is 25.3 Å². The second-order valence-corrected chi connectivity index (χ2v) is 5.37. The van der Waals surface area contributed by atoms with E-state index in [-0.39, 0.29) is 18.1 Å². The Morgan fingerprint density at radius 2 is 2.12 bits per heavy atom. The number of carbonyl (C=O) groups excluding carboxylic acids is 1. The number of nitrogens with two attached hydrogens (primary N) is 1. The minimum Gasteiger partial charge on any atom is -0.393 e. The number of aliphatic hydroxyl groups is 1. The quantitative estimate of drug-likeness (QED) is 0.759. The molecule has 3 atom stereocenters. The van der Waals surface area contributed by atoms with Crippen LogP contribution in [0.5, 0.6) is 0 Å². The lowest BCUT2D eigenvalue weighted by molar-refractivity contribution is -0.131. The molecular formula is C13H26N2O2. The first-order valence-electron chi connectivity index (χ1n) is 6.68. The van der Waals surface area contributed by atoms with Crippen LogP contribution >= 0.6 is 0 Å². The van der Waals surface area contributed by atoms with E-state index in [4.69, 9.17) is 5.73 Å². The smallest absolute Gasteiger partial charge is 0.222 e. The molecule has 1 amide bonds. The van der Waals surface area contributed by atoms with Gasteiger partial charge >= 0.3 is 0 Å². The molecule has 1 rings (SSSR count). The zero-order chi connectivity index (χ0) is 12.8. The van der Waals surface area contributed by atoms with Crippen LogP contribution in [0.2, 0.25) is 0 Å². The van der Waals surface area contributed by atoms with E-state index >= 15 is 0 Å². The fourth-order valence-corrected chi connectivity index (χ4v) is 2.38. The molecule has 1 saturated carbocycles. The summed E-state index contributed by atoms with van der Waals surface area (Å²) >= 11 is 0. The summed E-state index contributed by atoms with van der Waals surface area (Å²) in [5.41, 5.74) is 6.04. The van der Waals surface area contributed by atoms with Crippen molar-refractivity contribution in [2.75, 3.05) is 13.6 Å². The summed E-state index contributed by atoms with van der Waals surface area (Å²) in [5.74, 6) is 0.512. The number of amides is 1. The Morgan fingerprint density at radius 3 is 2.71 bits per heavy atom. The molecule has 0 radical (unpaired) electrons. The van der Waals surface area contributed by atoms with Gasteiger partial charge < -0.3 is 15.7 Å². The SMILES string of the molecule is CC(O)CCN(C)C(=O)CC1CCCCC1N. The van der Waals surface area contributed by atoms with Crippen molar-refractivity contribution < 1.29 is 9.90 Å². The van der Waals surface area contributed by atoms with E-state index in [0.717, 1.165) is 12.8 Å². The Bertz CT molecular complexity index is 244. The van der Waals surface area contributed by atoms with Gasteiger partial charge in [0, 0.05) is 26.1 Å². The second kappa shape index (κ2) is 6.97. The van der Waals surface area contributed by atoms with E-state index in [2.05, 4.69) is 0 Å². The number of hydrogen-bond acceptors (Lipinski definition) is 3. The molecule has 4 nitrogen and oxygen atoms in total. The van der Waals surface area contributed by atoms with Gasteiger partial charge in [-0.3, -0.25) is 4.79 Å². The minimum atomic E-state index is -0.345. The molecule has 0 bridgehead atoms. The molecule has 1 aliphatic carbocycles. The summed E-state index contributed by atoms with van der Waals surface area (Å²) in [5, 5.41) is 9.19. The lowest BCUT2D eigenvalue weighted by atomic mass is 9.83. The second-order valence-electron chi connectivity index (χ2n) is 5.37. The van der Waals surface area contributed by atoms with Crippen molar-refractivity contribution in [3.8, 4) is 0 Å². The van der Waals surface area contributed by atoms with Gasteiger partial charge in [0.2, 0.25) is 5.91 Å². The Labute approximate surface area is 104 Å². The highest BCUT2D eigenvalue weighted by atomic mass is 16.3. The maximum atomic E-state index is 12.0. The van der Waals surface area contributed by atoms with Crippen LogP contribution in [0.1, 0.15) is 45.4 Å². The number of hydrogen-bond donors (Lipinski definition) is 2. The van der Waals surface area contributed by atoms with Gasteiger partial charge in [0.15, 0.2) is 0 Å². The first kappa shape index (κ1) is 14.5. The van der Waals surface area contributed by atoms with Crippen LogP contribution < -0.4 is 5.73 Å². The van der Waals surface area contributed by atoms with Crippen molar-refractivity contribution in [2.24, 2.45) is 11.7 Å². The van der Waals surface area contributed by atoms with Crippen LogP contribution in [0.25, 0.3) is 0 Å². The molecule has 0 aromatic rings. The van der Waals surface area contributed by atoms with Gasteiger partial charge in [-0.2, -0.15) is 0 Å². The molecule has 0 heterocycles. The lowest BCUT2D eigenvalue weighted by Gasteiger charge is -2.29. The Morgan fingerprint density at radius 1 is 1.47 bits per heavy atom. The summed E-state index contributed by atoms with van der Waals surface area (Å²) in [6.07, 6.45) is 5.39. The summed E-state index contributed by atoms with van der Waals surface area (Å²) in [4.78, 5) is 13.7. The first-order valence-corrected chi connectivity index (χ1v) is 6.68. The molecule has 17 heavy (non-hydrogen) atoms. The highest BCUT2D eigenvalue weighted by Gasteiger charge is 2.25. The molecule has 1 aliphatic rings. The molecule has 4 heteroatoms. The normalized spacial score (nSPS) is 26.6. The Balaban J connectivity index is 2.31. The molecule has 0 spiro atoms. The van der Waals surface area contributed by atoms with Crippen molar-refractivity contribution in [3.05, 3.63) is 0 Å². The Hall–Kier alpha value is -0.610. The van der Waals surface area contributed by atoms with Crippen molar-refractivity contribution in [1.82, 2.24) is 4.90 Å². The molecule has 3 unspecified atom stereocenters. The highest BCUT2D eigenvalue weighted by molar-refractivity contribution is 5.76. The molecule has 1 fully saturated rings. The van der Waals surface area contributed by atoms with E-state index in [1.54, 1.807) is 18.9 Å². The number of nitrogens with zero attached hydrogens (tertiary/aromatic N) is 1. The van der Waals surface area contributed by atoms with Crippen LogP contribution in [-0.2, 0) is 4.79 Å². The third-order valence-corrected chi connectivity index (χ3v) is 3.71. The summed E-state index contributed by atoms with van der Waals surface area (Å²) in [7, 11) is 1.80. The van der Waals surface area contributed by atoms with E-state index in [9.17, 15) is 9.90 Å². The summed E-state index contributed by atoms with van der Waals surface area (Å²) < 4.78 is 0. The predicted molar refractivity (Wildman–Crippen MR) is 68.5 cm³/mol. The number of rotatable bonds is 5. The van der Waals surface area contributed by atoms with E-state index in [1.807, 2.05) is 0 Å². The van der Waals surface area contributed by atoms with Gasteiger partial charge in [0.05, 0.1) is 6.10 Å². The molecule has 0 aromatic heterocycles. The topological polar surface area (TPSA) is 66.6 Å². The number of aliphatic hydroxyl groups excluding tert-OH is 1. The molecule has 0 aromatic carbocycles. The van der Waals surface area contributed by atoms with Gasteiger partial charge in [0.1, 0.15) is 0 Å². The Kier molecular flexibility index (Phi) is 5.92. The standard InChI is InChI=1S/C13H26N2O2/c1-10(16)7-8-15(2)13(17)9-11-5-3-4-6-12(11)14/h10-12,16H,3-9,14H2,1-2H3. The van der Waals surface area contributed by atoms with Gasteiger partial charge in [0.25, 0.3) is 0 Å². The fraction of sp³-hybridized carbons (Fsp3) is 0.923. The van der Waals surface area contributed by atoms with Crippen molar-refractivity contribution in [3.63, 3.8) is 0 Å². The fourth-order valence-electron chi connectivity index (χ4n) is 2.38. The van der Waals surface area contributed by atoms with Crippen LogP contribution in [-0.4, -0.2) is 41.7 Å². The molecule has 3 N–H and O–H groups in total. The highest BCUT2D eigenvalue weighted by Crippen LogP contribution is 2.26. The van der Waals surface area contributed by atoms with Crippen LogP contribution in [0.4, 0.5) is 0 Å². The van der Waals surface area contributed by atoms with Gasteiger partial charge in [-0.15, -0.1) is 0 Å². The third kappa shape index (κ3) is 5.04. The monoisotopic (exact) mass is 242 g/mol. The third-order valence-electron chi connectivity index (χ3n) is 3.71. The molecular weight excluding hydrogens is 216 g/mol. The van der Waals surface area contributed by atoms with Crippen LogP contribution in [0.3, 0.4) is 0 Å².